The lowest BCUT2D eigenvalue weighted by Crippen LogP contribution is -2.45. The molecule has 2 N–H and O–H groups in total. The third-order valence-electron chi connectivity index (χ3n) is 4.92. The largest absolute Gasteiger partial charge is 0.490 e. The first-order chi connectivity index (χ1) is 13.1. The molecule has 1 atom stereocenters. The first kappa shape index (κ1) is 21.4. The van der Waals surface area contributed by atoms with Gasteiger partial charge in [-0.2, -0.15) is 0 Å². The molecule has 152 valence electrons. The molecule has 1 saturated carbocycles. The van der Waals surface area contributed by atoms with Gasteiger partial charge < -0.3 is 20.1 Å². The molecule has 0 saturated heterocycles. The minimum Gasteiger partial charge on any atom is -0.490 e. The molecule has 27 heavy (non-hydrogen) atoms. The van der Waals surface area contributed by atoms with Gasteiger partial charge in [0.1, 0.15) is 0 Å². The molecule has 6 nitrogen and oxygen atoms in total. The van der Waals surface area contributed by atoms with Gasteiger partial charge in [-0.05, 0) is 64.8 Å². The van der Waals surface area contributed by atoms with Crippen LogP contribution in [0.25, 0.3) is 0 Å². The lowest BCUT2D eigenvalue weighted by atomic mass is 10.1. The fourth-order valence-electron chi connectivity index (χ4n) is 3.03. The van der Waals surface area contributed by atoms with E-state index in [1.807, 2.05) is 27.0 Å². The Morgan fingerprint density at radius 1 is 1.19 bits per heavy atom. The highest BCUT2D eigenvalue weighted by Crippen LogP contribution is 2.28. The number of likely N-dealkylation sites (N-methyl/N-ethyl adjacent to an activating group) is 1. The Morgan fingerprint density at radius 2 is 1.89 bits per heavy atom. The second-order valence-corrected chi connectivity index (χ2v) is 7.02. The maximum atomic E-state index is 5.70. The van der Waals surface area contributed by atoms with Crippen LogP contribution < -0.4 is 20.1 Å². The Hall–Kier alpha value is -1.95. The molecule has 0 bridgehead atoms. The zero-order valence-electron chi connectivity index (χ0n) is 17.5. The summed E-state index contributed by atoms with van der Waals surface area (Å²) in [5.41, 5.74) is 1.21. The fraction of sp³-hybridized carbons (Fsp3) is 0.667. The molecule has 1 aromatic carbocycles. The van der Waals surface area contributed by atoms with Crippen molar-refractivity contribution in [1.82, 2.24) is 15.5 Å². The predicted octanol–water partition coefficient (Wildman–Crippen LogP) is 2.67. The van der Waals surface area contributed by atoms with Gasteiger partial charge in [-0.15, -0.1) is 0 Å². The summed E-state index contributed by atoms with van der Waals surface area (Å²) in [6.45, 7) is 9.20. The lowest BCUT2D eigenvalue weighted by Gasteiger charge is -2.25. The number of nitrogens with one attached hydrogen (secondary N) is 2. The highest BCUT2D eigenvalue weighted by molar-refractivity contribution is 5.79. The molecule has 0 heterocycles. The van der Waals surface area contributed by atoms with Crippen molar-refractivity contribution in [2.24, 2.45) is 4.99 Å². The van der Waals surface area contributed by atoms with Crippen molar-refractivity contribution in [2.75, 3.05) is 40.4 Å². The van der Waals surface area contributed by atoms with E-state index in [4.69, 9.17) is 9.47 Å². The summed E-state index contributed by atoms with van der Waals surface area (Å²) in [4.78, 5) is 6.78. The quantitative estimate of drug-likeness (QED) is 0.459. The molecule has 1 unspecified atom stereocenters. The third kappa shape index (κ3) is 6.94. The molecule has 1 aliphatic carbocycles. The van der Waals surface area contributed by atoms with Crippen LogP contribution in [0.1, 0.15) is 39.2 Å². The zero-order chi connectivity index (χ0) is 19.6. The van der Waals surface area contributed by atoms with Gasteiger partial charge in [-0.25, -0.2) is 0 Å². The van der Waals surface area contributed by atoms with Gasteiger partial charge in [0.25, 0.3) is 0 Å². The molecule has 0 radical (unpaired) electrons. The van der Waals surface area contributed by atoms with Crippen molar-refractivity contribution in [3.63, 3.8) is 0 Å². The van der Waals surface area contributed by atoms with Gasteiger partial charge in [0, 0.05) is 32.2 Å². The molecule has 1 fully saturated rings. The topological polar surface area (TPSA) is 58.1 Å². The van der Waals surface area contributed by atoms with Crippen LogP contribution >= 0.6 is 0 Å². The fourth-order valence-corrected chi connectivity index (χ4v) is 3.03. The van der Waals surface area contributed by atoms with Crippen molar-refractivity contribution in [1.29, 1.82) is 0 Å². The van der Waals surface area contributed by atoms with Crippen LogP contribution in [0.2, 0.25) is 0 Å². The predicted molar refractivity (Wildman–Crippen MR) is 112 cm³/mol. The highest BCUT2D eigenvalue weighted by atomic mass is 16.5. The molecule has 0 spiro atoms. The number of aliphatic imine (C=N–C) groups is 1. The molecular formula is C21H36N4O2. The number of hydrogen-bond donors (Lipinski definition) is 2. The van der Waals surface area contributed by atoms with Crippen molar-refractivity contribution in [3.05, 3.63) is 23.8 Å². The number of hydrogen-bond acceptors (Lipinski definition) is 4. The van der Waals surface area contributed by atoms with Crippen molar-refractivity contribution in [3.8, 4) is 11.5 Å². The van der Waals surface area contributed by atoms with E-state index in [0.29, 0.717) is 19.3 Å². The molecule has 0 aromatic heterocycles. The van der Waals surface area contributed by atoms with E-state index in [1.165, 1.54) is 18.4 Å². The molecule has 0 aliphatic heterocycles. The summed E-state index contributed by atoms with van der Waals surface area (Å²) in [5.74, 6) is 2.47. The summed E-state index contributed by atoms with van der Waals surface area (Å²) >= 11 is 0. The van der Waals surface area contributed by atoms with Crippen LogP contribution in [0.4, 0.5) is 0 Å². The highest BCUT2D eigenvalue weighted by Gasteiger charge is 2.28. The normalized spacial score (nSPS) is 15.6. The first-order valence-corrected chi connectivity index (χ1v) is 10.1. The zero-order valence-corrected chi connectivity index (χ0v) is 17.5. The Kier molecular flexibility index (Phi) is 8.72. The summed E-state index contributed by atoms with van der Waals surface area (Å²) in [5, 5.41) is 6.83. The Labute approximate surface area is 164 Å². The van der Waals surface area contributed by atoms with Gasteiger partial charge >= 0.3 is 0 Å². The van der Waals surface area contributed by atoms with E-state index >= 15 is 0 Å². The van der Waals surface area contributed by atoms with Crippen molar-refractivity contribution < 1.29 is 9.47 Å². The van der Waals surface area contributed by atoms with Crippen LogP contribution in [-0.2, 0) is 6.42 Å². The van der Waals surface area contributed by atoms with Gasteiger partial charge in [0.15, 0.2) is 17.5 Å². The Bertz CT molecular complexity index is 602. The minimum absolute atomic E-state index is 0.496. The van der Waals surface area contributed by atoms with Crippen LogP contribution in [0.3, 0.4) is 0 Å². The molecule has 1 aromatic rings. The molecular weight excluding hydrogens is 340 g/mol. The number of nitrogens with zero attached hydrogens (tertiary/aromatic N) is 2. The van der Waals surface area contributed by atoms with Gasteiger partial charge in [0.2, 0.25) is 0 Å². The second-order valence-electron chi connectivity index (χ2n) is 7.02. The van der Waals surface area contributed by atoms with Crippen LogP contribution in [0, 0.1) is 0 Å². The molecule has 6 heteroatoms. The van der Waals surface area contributed by atoms with Crippen LogP contribution in [0.15, 0.2) is 23.2 Å². The second kappa shape index (κ2) is 11.0. The van der Waals surface area contributed by atoms with Gasteiger partial charge in [-0.1, -0.05) is 6.07 Å². The Balaban J connectivity index is 1.78. The monoisotopic (exact) mass is 376 g/mol. The van der Waals surface area contributed by atoms with E-state index in [1.54, 1.807) is 0 Å². The number of ether oxygens (including phenoxy) is 2. The van der Waals surface area contributed by atoms with E-state index < -0.39 is 0 Å². The number of rotatable bonds is 11. The summed E-state index contributed by atoms with van der Waals surface area (Å²) in [7, 11) is 4.02. The van der Waals surface area contributed by atoms with Crippen molar-refractivity contribution in [2.45, 2.75) is 52.1 Å². The summed E-state index contributed by atoms with van der Waals surface area (Å²) in [6.07, 6.45) is 3.56. The Morgan fingerprint density at radius 3 is 2.52 bits per heavy atom. The minimum atomic E-state index is 0.496. The van der Waals surface area contributed by atoms with Gasteiger partial charge in [0.05, 0.1) is 13.2 Å². The SMILES string of the molecule is CCOc1ccc(CCNC(=NC)NCC(C)N(C)C2CC2)cc1OCC. The van der Waals surface area contributed by atoms with Crippen LogP contribution in [0.5, 0.6) is 11.5 Å². The van der Waals surface area contributed by atoms with Crippen molar-refractivity contribution >= 4 is 5.96 Å². The van der Waals surface area contributed by atoms with E-state index in [2.05, 4.69) is 46.6 Å². The standard InChI is InChI=1S/C21H36N4O2/c1-6-26-19-11-8-17(14-20(19)27-7-2)12-13-23-21(22-4)24-15-16(3)25(5)18-9-10-18/h8,11,14,16,18H,6-7,9-10,12-13,15H2,1-5H3,(H2,22,23,24). The summed E-state index contributed by atoms with van der Waals surface area (Å²) < 4.78 is 11.3. The maximum Gasteiger partial charge on any atom is 0.191 e. The average Bonchev–Trinajstić information content (AvgIpc) is 3.51. The molecule has 2 rings (SSSR count). The average molecular weight is 377 g/mol. The van der Waals surface area contributed by atoms with E-state index in [-0.39, 0.29) is 0 Å². The smallest absolute Gasteiger partial charge is 0.191 e. The molecule has 1 aliphatic rings. The van der Waals surface area contributed by atoms with Gasteiger partial charge in [-0.3, -0.25) is 9.89 Å². The lowest BCUT2D eigenvalue weighted by molar-refractivity contribution is 0.247. The van der Waals surface area contributed by atoms with E-state index in [0.717, 1.165) is 43.0 Å². The first-order valence-electron chi connectivity index (χ1n) is 10.1. The van der Waals surface area contributed by atoms with E-state index in [9.17, 15) is 0 Å². The number of benzene rings is 1. The summed E-state index contributed by atoms with van der Waals surface area (Å²) in [6, 6.07) is 7.43. The maximum absolute atomic E-state index is 5.70. The van der Waals surface area contributed by atoms with Crippen LogP contribution in [-0.4, -0.2) is 63.3 Å². The molecule has 0 amide bonds. The number of guanidine groups is 1. The third-order valence-corrected chi connectivity index (χ3v) is 4.92.